The van der Waals surface area contributed by atoms with Gasteiger partial charge in [-0.2, -0.15) is 4.98 Å². The van der Waals surface area contributed by atoms with E-state index >= 15 is 0 Å². The Balaban J connectivity index is 1.66. The Morgan fingerprint density at radius 2 is 1.91 bits per heavy atom. The first-order valence-corrected chi connectivity index (χ1v) is 12.0. The van der Waals surface area contributed by atoms with Crippen molar-refractivity contribution in [2.75, 3.05) is 18.2 Å². The summed E-state index contributed by atoms with van der Waals surface area (Å²) in [5, 5.41) is 8.68. The van der Waals surface area contributed by atoms with E-state index in [4.69, 9.17) is 14.6 Å². The molecule has 0 amide bonds. The highest BCUT2D eigenvalue weighted by molar-refractivity contribution is 7.99. The van der Waals surface area contributed by atoms with Gasteiger partial charge in [-0.3, -0.25) is 0 Å². The molecule has 4 rings (SSSR count). The maximum absolute atomic E-state index is 13.3. The lowest BCUT2D eigenvalue weighted by atomic mass is 9.96. The van der Waals surface area contributed by atoms with Gasteiger partial charge < -0.3 is 14.8 Å². The average molecular weight is 465 g/mol. The molecule has 33 heavy (non-hydrogen) atoms. The second-order valence-corrected chi connectivity index (χ2v) is 8.83. The van der Waals surface area contributed by atoms with Crippen molar-refractivity contribution in [2.45, 2.75) is 44.5 Å². The predicted octanol–water partition coefficient (Wildman–Crippen LogP) is 5.21. The summed E-state index contributed by atoms with van der Waals surface area (Å²) < 4.78 is 12.8. The number of fused-ring (bicyclic) bond motifs is 1. The summed E-state index contributed by atoms with van der Waals surface area (Å²) in [5.41, 5.74) is 3.06. The molecule has 0 bridgehead atoms. The van der Waals surface area contributed by atoms with Gasteiger partial charge >= 0.3 is 5.97 Å². The van der Waals surface area contributed by atoms with Crippen LogP contribution in [0.15, 0.2) is 71.0 Å². The van der Waals surface area contributed by atoms with Crippen molar-refractivity contribution in [3.8, 4) is 5.75 Å². The van der Waals surface area contributed by atoms with Crippen LogP contribution in [-0.2, 0) is 16.1 Å². The van der Waals surface area contributed by atoms with Gasteiger partial charge in [0.05, 0.1) is 12.7 Å². The highest BCUT2D eigenvalue weighted by atomic mass is 32.2. The Bertz CT molecular complexity index is 1130. The molecule has 2 heterocycles. The molecule has 1 unspecified atom stereocenters. The minimum absolute atomic E-state index is 0.202. The van der Waals surface area contributed by atoms with Gasteiger partial charge in [-0.05, 0) is 36.6 Å². The quantitative estimate of drug-likeness (QED) is 0.264. The fourth-order valence-electron chi connectivity index (χ4n) is 3.66. The maximum atomic E-state index is 13.3. The second-order valence-electron chi connectivity index (χ2n) is 7.77. The monoisotopic (exact) mass is 464 g/mol. The smallest absolute Gasteiger partial charge is 0.338 e. The van der Waals surface area contributed by atoms with E-state index in [9.17, 15) is 4.79 Å². The van der Waals surface area contributed by atoms with Crippen LogP contribution in [0, 0.1) is 0 Å². The number of allylic oxidation sites excluding steroid dienone is 1. The van der Waals surface area contributed by atoms with Crippen LogP contribution in [0.1, 0.15) is 43.9 Å². The van der Waals surface area contributed by atoms with E-state index in [0.29, 0.717) is 22.4 Å². The lowest BCUT2D eigenvalue weighted by Gasteiger charge is -2.28. The minimum Gasteiger partial charge on any atom is -0.497 e. The van der Waals surface area contributed by atoms with E-state index in [2.05, 4.69) is 17.2 Å². The normalized spacial score (nSPS) is 15.1. The molecular formula is C25H28N4O3S. The zero-order valence-corrected chi connectivity index (χ0v) is 19.9. The van der Waals surface area contributed by atoms with Crippen molar-refractivity contribution in [2.24, 2.45) is 0 Å². The molecule has 2 aromatic carbocycles. The van der Waals surface area contributed by atoms with Crippen LogP contribution in [0.25, 0.3) is 0 Å². The van der Waals surface area contributed by atoms with E-state index < -0.39 is 6.04 Å². The summed E-state index contributed by atoms with van der Waals surface area (Å²) in [6.07, 6.45) is 2.21. The summed E-state index contributed by atoms with van der Waals surface area (Å²) in [7, 11) is 1.63. The molecule has 0 fully saturated rings. The van der Waals surface area contributed by atoms with Gasteiger partial charge in [-0.1, -0.05) is 67.6 Å². The van der Waals surface area contributed by atoms with Gasteiger partial charge in [-0.15, -0.1) is 5.10 Å². The summed E-state index contributed by atoms with van der Waals surface area (Å²) in [4.78, 5) is 18.0. The van der Waals surface area contributed by atoms with E-state index in [1.165, 1.54) is 0 Å². The Labute approximate surface area is 198 Å². The largest absolute Gasteiger partial charge is 0.497 e. The van der Waals surface area contributed by atoms with E-state index in [0.717, 1.165) is 35.5 Å². The first-order valence-electron chi connectivity index (χ1n) is 11.0. The lowest BCUT2D eigenvalue weighted by Crippen LogP contribution is -2.29. The summed E-state index contributed by atoms with van der Waals surface area (Å²) >= 11 is 1.62. The zero-order chi connectivity index (χ0) is 23.2. The second kappa shape index (κ2) is 10.6. The highest BCUT2D eigenvalue weighted by Gasteiger charge is 2.35. The van der Waals surface area contributed by atoms with E-state index in [1.54, 1.807) is 23.6 Å². The van der Waals surface area contributed by atoms with E-state index in [-0.39, 0.29) is 12.6 Å². The first-order chi connectivity index (χ1) is 16.1. The van der Waals surface area contributed by atoms with Crippen molar-refractivity contribution in [1.29, 1.82) is 0 Å². The molecule has 0 radical (unpaired) electrons. The van der Waals surface area contributed by atoms with Gasteiger partial charge in [0.15, 0.2) is 0 Å². The number of rotatable bonds is 9. The third kappa shape index (κ3) is 5.22. The average Bonchev–Trinajstić information content (AvgIpc) is 3.24. The molecule has 1 aromatic heterocycles. The van der Waals surface area contributed by atoms with Gasteiger partial charge in [0.2, 0.25) is 11.1 Å². The summed E-state index contributed by atoms with van der Waals surface area (Å²) in [6, 6.07) is 16.9. The number of hydrogen-bond donors (Lipinski definition) is 1. The van der Waals surface area contributed by atoms with Crippen LogP contribution in [0.3, 0.4) is 0 Å². The fourth-order valence-corrected chi connectivity index (χ4v) is 4.57. The van der Waals surface area contributed by atoms with Crippen LogP contribution in [0.5, 0.6) is 5.75 Å². The Hall–Kier alpha value is -3.26. The number of carbonyl (C=O) groups excluding carboxylic acids is 1. The van der Waals surface area contributed by atoms with Crippen molar-refractivity contribution in [3.63, 3.8) is 0 Å². The Kier molecular flexibility index (Phi) is 7.34. The van der Waals surface area contributed by atoms with Crippen LogP contribution in [0.4, 0.5) is 5.95 Å². The number of aromatic nitrogens is 3. The minimum atomic E-state index is -0.455. The van der Waals surface area contributed by atoms with Crippen LogP contribution < -0.4 is 10.1 Å². The van der Waals surface area contributed by atoms with Gasteiger partial charge in [0, 0.05) is 11.4 Å². The molecule has 0 spiro atoms. The van der Waals surface area contributed by atoms with E-state index in [1.807, 2.05) is 61.5 Å². The standard InChI is InChI=1S/C25H28N4O3S/c1-4-5-15-33-25-27-24-26-17(2)21(23(30)32-16-18-9-7-6-8-10-18)22(29(24)28-25)19-11-13-20(31-3)14-12-19/h6-14,22H,4-5,15-16H2,1-3H3,(H,26,27,28). The number of esters is 1. The zero-order valence-electron chi connectivity index (χ0n) is 19.1. The Morgan fingerprint density at radius 3 is 2.61 bits per heavy atom. The third-order valence-corrected chi connectivity index (χ3v) is 6.35. The highest BCUT2D eigenvalue weighted by Crippen LogP contribution is 2.37. The van der Waals surface area contributed by atoms with Crippen LogP contribution >= 0.6 is 11.8 Å². The molecule has 1 atom stereocenters. The predicted molar refractivity (Wildman–Crippen MR) is 129 cm³/mol. The number of benzene rings is 2. The topological polar surface area (TPSA) is 78.3 Å². The molecule has 8 heteroatoms. The fraction of sp³-hybridized carbons (Fsp3) is 0.320. The van der Waals surface area contributed by atoms with Crippen molar-refractivity contribution < 1.29 is 14.3 Å². The van der Waals surface area contributed by atoms with Crippen LogP contribution in [-0.4, -0.2) is 33.6 Å². The summed E-state index contributed by atoms with van der Waals surface area (Å²) in [5.74, 6) is 1.93. The number of hydrogen-bond acceptors (Lipinski definition) is 7. The maximum Gasteiger partial charge on any atom is 0.338 e. The van der Waals surface area contributed by atoms with Crippen molar-refractivity contribution >= 4 is 23.7 Å². The molecule has 0 saturated carbocycles. The van der Waals surface area contributed by atoms with Crippen molar-refractivity contribution in [1.82, 2.24) is 14.8 Å². The number of ether oxygens (including phenoxy) is 2. The molecule has 0 aliphatic carbocycles. The SMILES string of the molecule is CCCCSc1nc2n(n1)C(c1ccc(OC)cc1)C(C(=O)OCc1ccccc1)=C(C)N2. The molecule has 3 aromatic rings. The Morgan fingerprint density at radius 1 is 1.15 bits per heavy atom. The molecular weight excluding hydrogens is 436 g/mol. The number of nitrogens with one attached hydrogen (secondary N) is 1. The number of anilines is 1. The molecule has 7 nitrogen and oxygen atoms in total. The third-order valence-electron chi connectivity index (χ3n) is 5.43. The van der Waals surface area contributed by atoms with Gasteiger partial charge in [-0.25, -0.2) is 9.48 Å². The number of methoxy groups -OCH3 is 1. The first kappa shape index (κ1) is 22.9. The molecule has 0 saturated heterocycles. The number of thioether (sulfide) groups is 1. The molecule has 1 N–H and O–H groups in total. The number of carbonyl (C=O) groups is 1. The molecule has 172 valence electrons. The molecule has 1 aliphatic heterocycles. The molecule has 1 aliphatic rings. The van der Waals surface area contributed by atoms with Gasteiger partial charge in [0.25, 0.3) is 0 Å². The van der Waals surface area contributed by atoms with Crippen LogP contribution in [0.2, 0.25) is 0 Å². The number of unbranched alkanes of at least 4 members (excludes halogenated alkanes) is 1. The number of nitrogens with zero attached hydrogens (tertiary/aromatic N) is 3. The van der Waals surface area contributed by atoms with Gasteiger partial charge in [0.1, 0.15) is 18.4 Å². The summed E-state index contributed by atoms with van der Waals surface area (Å²) in [6.45, 7) is 4.24. The lowest BCUT2D eigenvalue weighted by molar-refractivity contribution is -0.140. The van der Waals surface area contributed by atoms with Crippen molar-refractivity contribution in [3.05, 3.63) is 77.0 Å².